The van der Waals surface area contributed by atoms with Crippen LogP contribution in [0.2, 0.25) is 52.4 Å². The molecule has 3 aromatic heterocycles. The van der Waals surface area contributed by atoms with Crippen molar-refractivity contribution < 1.29 is 29.1 Å². The Hall–Kier alpha value is -9.30. The van der Waals surface area contributed by atoms with E-state index in [2.05, 4.69) is 330 Å². The number of rotatable bonds is 5. The van der Waals surface area contributed by atoms with Gasteiger partial charge in [0, 0.05) is 17.7 Å². The molecule has 9 nitrogen and oxygen atoms in total. The van der Waals surface area contributed by atoms with Crippen LogP contribution in [0, 0.1) is 6.08 Å². The molecule has 0 atom stereocenters. The van der Waals surface area contributed by atoms with Crippen molar-refractivity contribution in [2.24, 2.45) is 0 Å². The summed E-state index contributed by atoms with van der Waals surface area (Å²) in [5.41, 5.74) is 13.4. The van der Waals surface area contributed by atoms with Gasteiger partial charge in [-0.2, -0.15) is 0 Å². The van der Waals surface area contributed by atoms with E-state index in [9.17, 15) is 24.0 Å². The van der Waals surface area contributed by atoms with Gasteiger partial charge < -0.3 is 5.11 Å². The molecular formula is C104H91Cl2IN3O6Se4Si4+. The minimum Gasteiger partial charge on any atom is -0.294 e. The summed E-state index contributed by atoms with van der Waals surface area (Å²) in [4.78, 5) is 72.4. The fraction of sp³-hybridized carbons (Fsp3) is 0.125. The minimum atomic E-state index is -1.83. The van der Waals surface area contributed by atoms with E-state index in [1.165, 1.54) is 82.2 Å². The number of para-hydroxylation sites is 6. The van der Waals surface area contributed by atoms with Crippen LogP contribution in [0.25, 0.3) is 27.6 Å². The van der Waals surface area contributed by atoms with Crippen LogP contribution in [0.15, 0.2) is 327 Å². The number of hydrogen-bond acceptors (Lipinski definition) is 9. The maximum absolute atomic E-state index is 13.3. The molecular weight excluding hydrogens is 2010 g/mol. The Balaban J connectivity index is 0.000000120. The largest absolute Gasteiger partial charge is 0.294 e. The van der Waals surface area contributed by atoms with Gasteiger partial charge in [-0.1, -0.05) is 96.3 Å². The molecule has 0 saturated carbocycles. The minimum absolute atomic E-state index is 0.0334. The van der Waals surface area contributed by atoms with E-state index in [-0.39, 0.29) is 76.1 Å². The molecule has 124 heavy (non-hydrogen) atoms. The van der Waals surface area contributed by atoms with Crippen LogP contribution in [-0.2, 0) is 6.42 Å². The van der Waals surface area contributed by atoms with Crippen molar-refractivity contribution in [1.82, 2.24) is 0 Å². The maximum Gasteiger partial charge on any atom is 0.171 e. The van der Waals surface area contributed by atoms with Crippen LogP contribution in [0.1, 0.15) is 79.6 Å². The summed E-state index contributed by atoms with van der Waals surface area (Å²) in [6.45, 7) is 21.5. The van der Waals surface area contributed by atoms with Crippen LogP contribution >= 0.6 is 45.8 Å². The van der Waals surface area contributed by atoms with Crippen molar-refractivity contribution >= 4 is 283 Å². The number of Topliss-reactive ketones (excluding diaryl/α,β-unsaturated/α-hetero) is 4. The number of alkyl halides is 2. The number of anilines is 9. The quantitative estimate of drug-likeness (QED) is 0.0263. The maximum atomic E-state index is 13.3. The first-order valence-electron chi connectivity index (χ1n) is 41.0. The first-order valence-corrected chi connectivity index (χ1v) is 62.3. The average Bonchev–Trinajstić information content (AvgIpc) is 0.846. The number of carbonyl (C=O) groups excluding carboxylic acids is 5. The molecule has 15 aromatic rings. The summed E-state index contributed by atoms with van der Waals surface area (Å²) >= 11 is 12.9. The van der Waals surface area contributed by atoms with E-state index in [0.717, 1.165) is 43.1 Å². The molecule has 20 heteroatoms. The van der Waals surface area contributed by atoms with E-state index >= 15 is 0 Å². The van der Waals surface area contributed by atoms with Crippen LogP contribution in [-0.4, -0.2) is 137 Å². The number of benzene rings is 12. The standard InChI is InChI=1S/C32H23NO2SeSi.C19H17NOSeSi.C18H17NSeSi.C15H16Si.C13H8O2.C4H2ISe.C2H6O.CH2Cl2/c1-37(2)28-13-7-5-11-26(28)33(27-12-6-8-14-29(27)37)30-16-15-22(36-30)19-25-31(34)23-17-20-9-3-4-10-21(20)18-24(23)32(25)35;1-23(2)17-9-5-3-7-15(17)20(16-8-4-6-10-18(16)23)19-12-11-14(13-21)22-19;1-21(2)16-10-5-3-8-14(16)19(18-12-7-13-20-18)15-9-4-6-11-17(15)21;1-16(2)14-9-5-3-7-12(14)11-13-8-4-6-10-15(13)16;14-12-7-13(15)11-6-9-4-2-1-3-8(9)5-10(11)12;5-4-2-1-3-6-4;1-2-3;2-1-3/h3-19H,1-2H3;3-13H,1-2H3;3-13H,1-2H3;3-10H,11H2,1-2H3;1-6H,7H2;1,3H;3H,2H2,1H3;1H2/q;;;;;+1;;. The third-order valence-electron chi connectivity index (χ3n) is 23.6. The number of allylic oxidation sites excluding steroid dienone is 3. The Morgan fingerprint density at radius 3 is 1.02 bits per heavy atom. The number of nitrogens with zero attached hydrogens (tertiary/aromatic N) is 3. The van der Waals surface area contributed by atoms with Crippen LogP contribution in [0.5, 0.6) is 0 Å². The van der Waals surface area contributed by atoms with E-state index in [1.54, 1.807) is 27.7 Å². The molecule has 5 aliphatic heterocycles. The summed E-state index contributed by atoms with van der Waals surface area (Å²) in [6.07, 6.45) is 9.03. The molecule has 0 fully saturated rings. The van der Waals surface area contributed by atoms with E-state index in [4.69, 9.17) is 28.3 Å². The number of halogens is 3. The van der Waals surface area contributed by atoms with Gasteiger partial charge >= 0.3 is 556 Å². The summed E-state index contributed by atoms with van der Waals surface area (Å²) < 4.78 is 7.21. The van der Waals surface area contributed by atoms with Crippen molar-refractivity contribution in [3.63, 3.8) is 0 Å². The zero-order valence-corrected chi connectivity index (χ0v) is 84.7. The van der Waals surface area contributed by atoms with E-state index < -0.39 is 32.3 Å². The monoisotopic (exact) mass is 2110 g/mol. The molecule has 7 aliphatic rings. The molecule has 618 valence electrons. The van der Waals surface area contributed by atoms with Gasteiger partial charge in [0.1, 0.15) is 8.07 Å². The third kappa shape index (κ3) is 18.1. The summed E-state index contributed by atoms with van der Waals surface area (Å²) in [6, 6.07) is 107. The molecule has 2 aliphatic carbocycles. The summed E-state index contributed by atoms with van der Waals surface area (Å²) in [5, 5.41) is 23.9. The molecule has 1 N–H and O–H groups in total. The SMILES string of the molecule is CCO.C[Si]1(C)c2ccccc2Cc2ccccc21.C[Si]1(C)c2ccccc2N(c2ccc(C=C3C(=O)c4cc5ccccc5cc4C3=O)[se]2)c2ccccc21.C[Si]1(C)c2ccccc2N(c2ccc(C=O)[se]2)c2ccccc21.C[Si]1(C)c2ccccc2N(c2ccc[se]2)c2ccccc21.ClCCl.IC1=[C+]C=C[Se]1.O=C1CC(=O)c2cc3ccccc3cc21. The number of fused-ring (bicyclic) bond motifs is 12. The van der Waals surface area contributed by atoms with Crippen LogP contribution in [0.4, 0.5) is 47.8 Å². The topological polar surface area (TPSA) is 115 Å². The number of hydrogen-bond donors (Lipinski definition) is 1. The third-order valence-corrected chi connectivity index (χ3v) is 46.8. The zero-order chi connectivity index (χ0) is 87.2. The van der Waals surface area contributed by atoms with Crippen molar-refractivity contribution in [3.8, 4) is 0 Å². The molecule has 0 spiro atoms. The predicted molar refractivity (Wildman–Crippen MR) is 545 cm³/mol. The fourth-order valence-corrected chi connectivity index (χ4v) is 37.1. The van der Waals surface area contributed by atoms with E-state index in [0.29, 0.717) is 51.7 Å². The van der Waals surface area contributed by atoms with Gasteiger partial charge in [0.2, 0.25) is 0 Å². The van der Waals surface area contributed by atoms with Gasteiger partial charge in [0.25, 0.3) is 0 Å². The Bertz CT molecular complexity index is 6390. The van der Waals surface area contributed by atoms with Gasteiger partial charge in [-0.3, -0.25) is 9.59 Å². The van der Waals surface area contributed by atoms with E-state index in [1.807, 2.05) is 91.0 Å². The second-order valence-corrected chi connectivity index (χ2v) is 61.8. The average molecular weight is 2100 g/mol. The second kappa shape index (κ2) is 38.9. The number of aliphatic hydroxyl groups is 1. The van der Waals surface area contributed by atoms with Crippen molar-refractivity contribution in [2.45, 2.75) is 72.1 Å². The number of aldehydes is 1. The number of ketones is 4. The second-order valence-electron chi connectivity index (χ2n) is 32.5. The fourth-order valence-electron chi connectivity index (χ4n) is 17.6. The van der Waals surface area contributed by atoms with Crippen molar-refractivity contribution in [3.05, 3.63) is 376 Å². The predicted octanol–water partition coefficient (Wildman–Crippen LogP) is 20.2. The Labute approximate surface area is 778 Å². The molecule has 0 bridgehead atoms. The van der Waals surface area contributed by atoms with Crippen LogP contribution in [0.3, 0.4) is 0 Å². The molecule has 8 heterocycles. The van der Waals surface area contributed by atoms with Gasteiger partial charge in [-0.15, -0.1) is 23.2 Å². The molecule has 0 amide bonds. The Morgan fingerprint density at radius 1 is 0.395 bits per heavy atom. The first-order chi connectivity index (χ1) is 59.9. The summed E-state index contributed by atoms with van der Waals surface area (Å²) in [5.74, 6) is -0.448. The van der Waals surface area contributed by atoms with Crippen molar-refractivity contribution in [2.75, 3.05) is 26.6 Å². The molecule has 22 rings (SSSR count). The molecule has 0 saturated heterocycles. The molecule has 0 unspecified atom stereocenters. The van der Waals surface area contributed by atoms with Gasteiger partial charge in [-0.05, 0) is 47.4 Å². The Morgan fingerprint density at radius 2 is 0.702 bits per heavy atom. The van der Waals surface area contributed by atoms with Crippen molar-refractivity contribution in [1.29, 1.82) is 0 Å². The van der Waals surface area contributed by atoms with Crippen LogP contribution < -0.4 is 56.2 Å². The molecule has 12 aromatic carbocycles. The number of carbonyl (C=O) groups is 5. The smallest absolute Gasteiger partial charge is 0.171 e. The van der Waals surface area contributed by atoms with Gasteiger partial charge in [-0.25, -0.2) is 0 Å². The van der Waals surface area contributed by atoms with Gasteiger partial charge in [0.15, 0.2) is 11.6 Å². The first kappa shape index (κ1) is 89.5. The normalized spacial score (nSPS) is 15.0. The van der Waals surface area contributed by atoms with Gasteiger partial charge in [0.05, 0.1) is 11.8 Å². The number of aliphatic hydroxyl groups excluding tert-OH is 1. The molecule has 0 radical (unpaired) electrons. The summed E-state index contributed by atoms with van der Waals surface area (Å²) in [7, 11) is -6.56. The zero-order valence-electron chi connectivity index (χ0n) is 70.2. The Kier molecular flexibility index (Phi) is 28.1.